The van der Waals surface area contributed by atoms with E-state index in [4.69, 9.17) is 22.1 Å². The molecule has 2 N–H and O–H groups in total. The van der Waals surface area contributed by atoms with Crippen LogP contribution in [0.3, 0.4) is 0 Å². The third-order valence-corrected chi connectivity index (χ3v) is 3.79. The highest BCUT2D eigenvalue weighted by Crippen LogP contribution is 2.20. The number of halogens is 1. The molecular formula is C12H22ClN3O. The van der Waals surface area contributed by atoms with Crippen LogP contribution in [0.2, 0.25) is 5.15 Å². The van der Waals surface area contributed by atoms with E-state index in [0.29, 0.717) is 18.4 Å². The zero-order valence-electron chi connectivity index (χ0n) is 11.1. The highest BCUT2D eigenvalue weighted by atomic mass is 35.5. The van der Waals surface area contributed by atoms with Crippen molar-refractivity contribution in [1.82, 2.24) is 9.78 Å². The standard InChI is InChI=1S/C12H22ClN3O/c1-5-12(14,6-2)8-17-7-10-9(3)15-16(4)11(10)13/h5-8,14H2,1-4H3. The van der Waals surface area contributed by atoms with E-state index in [1.165, 1.54) is 0 Å². The lowest BCUT2D eigenvalue weighted by atomic mass is 9.96. The first kappa shape index (κ1) is 14.5. The minimum atomic E-state index is -0.234. The van der Waals surface area contributed by atoms with Crippen molar-refractivity contribution in [3.8, 4) is 0 Å². The molecule has 0 amide bonds. The molecule has 1 aromatic heterocycles. The summed E-state index contributed by atoms with van der Waals surface area (Å²) in [7, 11) is 1.82. The van der Waals surface area contributed by atoms with Crippen LogP contribution < -0.4 is 5.73 Å². The molecule has 1 heterocycles. The molecule has 0 aliphatic rings. The van der Waals surface area contributed by atoms with Gasteiger partial charge < -0.3 is 10.5 Å². The summed E-state index contributed by atoms with van der Waals surface area (Å²) in [5.74, 6) is 0. The molecule has 4 nitrogen and oxygen atoms in total. The number of aryl methyl sites for hydroxylation is 2. The summed E-state index contributed by atoms with van der Waals surface area (Å²) in [5.41, 5.74) is 7.79. The van der Waals surface area contributed by atoms with Gasteiger partial charge in [0.2, 0.25) is 0 Å². The van der Waals surface area contributed by atoms with Gasteiger partial charge in [-0.15, -0.1) is 0 Å². The quantitative estimate of drug-likeness (QED) is 0.854. The normalized spacial score (nSPS) is 12.1. The molecule has 0 bridgehead atoms. The van der Waals surface area contributed by atoms with E-state index in [0.717, 1.165) is 24.1 Å². The topological polar surface area (TPSA) is 53.1 Å². The van der Waals surface area contributed by atoms with E-state index in [9.17, 15) is 0 Å². The Hall–Kier alpha value is -0.580. The van der Waals surface area contributed by atoms with Gasteiger partial charge in [0.1, 0.15) is 5.15 Å². The average Bonchev–Trinajstić information content (AvgIpc) is 2.55. The zero-order chi connectivity index (χ0) is 13.1. The summed E-state index contributed by atoms with van der Waals surface area (Å²) in [4.78, 5) is 0. The first-order chi connectivity index (χ1) is 7.93. The Morgan fingerprint density at radius 2 is 2.00 bits per heavy atom. The second-order valence-corrected chi connectivity index (χ2v) is 4.90. The highest BCUT2D eigenvalue weighted by Gasteiger charge is 2.21. The van der Waals surface area contributed by atoms with Crippen molar-refractivity contribution < 1.29 is 4.74 Å². The van der Waals surface area contributed by atoms with Gasteiger partial charge in [0.15, 0.2) is 0 Å². The van der Waals surface area contributed by atoms with Crippen molar-refractivity contribution in [2.45, 2.75) is 45.8 Å². The Morgan fingerprint density at radius 3 is 2.41 bits per heavy atom. The number of hydrogen-bond donors (Lipinski definition) is 1. The zero-order valence-corrected chi connectivity index (χ0v) is 11.8. The van der Waals surface area contributed by atoms with Crippen molar-refractivity contribution in [2.24, 2.45) is 12.8 Å². The molecule has 0 saturated heterocycles. The maximum atomic E-state index is 6.16. The minimum absolute atomic E-state index is 0.234. The Balaban J connectivity index is 2.57. The van der Waals surface area contributed by atoms with Gasteiger partial charge in [0, 0.05) is 18.2 Å². The van der Waals surface area contributed by atoms with Crippen LogP contribution in [0.4, 0.5) is 0 Å². The Labute approximate surface area is 108 Å². The average molecular weight is 260 g/mol. The van der Waals surface area contributed by atoms with Crippen LogP contribution in [0, 0.1) is 6.92 Å². The molecule has 0 saturated carbocycles. The van der Waals surface area contributed by atoms with Gasteiger partial charge in [0.05, 0.1) is 18.9 Å². The molecule has 0 aromatic carbocycles. The molecule has 0 unspecified atom stereocenters. The van der Waals surface area contributed by atoms with Crippen LogP contribution in [-0.2, 0) is 18.4 Å². The lowest BCUT2D eigenvalue weighted by molar-refractivity contribution is 0.0694. The maximum Gasteiger partial charge on any atom is 0.132 e. The summed E-state index contributed by atoms with van der Waals surface area (Å²) < 4.78 is 7.34. The number of nitrogens with zero attached hydrogens (tertiary/aromatic N) is 2. The summed E-state index contributed by atoms with van der Waals surface area (Å²) >= 11 is 6.12. The van der Waals surface area contributed by atoms with Crippen molar-refractivity contribution in [2.75, 3.05) is 6.61 Å². The molecule has 1 rings (SSSR count). The number of rotatable bonds is 6. The van der Waals surface area contributed by atoms with Crippen molar-refractivity contribution in [1.29, 1.82) is 0 Å². The maximum absolute atomic E-state index is 6.16. The van der Waals surface area contributed by atoms with Crippen molar-refractivity contribution >= 4 is 11.6 Å². The molecule has 0 fully saturated rings. The van der Waals surface area contributed by atoms with E-state index in [1.54, 1.807) is 4.68 Å². The summed E-state index contributed by atoms with van der Waals surface area (Å²) in [5, 5.41) is 4.88. The molecule has 0 aliphatic heterocycles. The Kier molecular flexibility index (Phi) is 4.98. The number of ether oxygens (including phenoxy) is 1. The van der Waals surface area contributed by atoms with Crippen LogP contribution in [0.15, 0.2) is 0 Å². The van der Waals surface area contributed by atoms with Crippen LogP contribution in [0.25, 0.3) is 0 Å². The SMILES string of the molecule is CCC(N)(CC)COCc1c(C)nn(C)c1Cl. The van der Waals surface area contributed by atoms with E-state index in [2.05, 4.69) is 18.9 Å². The molecule has 5 heteroatoms. The summed E-state index contributed by atoms with van der Waals surface area (Å²) in [6, 6.07) is 0. The van der Waals surface area contributed by atoms with Gasteiger partial charge in [-0.25, -0.2) is 0 Å². The first-order valence-corrected chi connectivity index (χ1v) is 6.36. The molecule has 0 atom stereocenters. The molecule has 0 radical (unpaired) electrons. The lowest BCUT2D eigenvalue weighted by Crippen LogP contribution is -2.43. The third-order valence-electron chi connectivity index (χ3n) is 3.31. The molecular weight excluding hydrogens is 238 g/mol. The fourth-order valence-electron chi connectivity index (χ4n) is 1.65. The fraction of sp³-hybridized carbons (Fsp3) is 0.750. The molecule has 0 aliphatic carbocycles. The number of nitrogens with two attached hydrogens (primary N) is 1. The van der Waals surface area contributed by atoms with Gasteiger partial charge in [0.25, 0.3) is 0 Å². The van der Waals surface area contributed by atoms with Crippen LogP contribution >= 0.6 is 11.6 Å². The van der Waals surface area contributed by atoms with Gasteiger partial charge in [-0.1, -0.05) is 25.4 Å². The van der Waals surface area contributed by atoms with Gasteiger partial charge in [-0.05, 0) is 19.8 Å². The summed E-state index contributed by atoms with van der Waals surface area (Å²) in [6.45, 7) is 7.10. The van der Waals surface area contributed by atoms with Crippen LogP contribution in [-0.4, -0.2) is 21.9 Å². The first-order valence-electron chi connectivity index (χ1n) is 5.98. The van der Waals surface area contributed by atoms with Crippen LogP contribution in [0.5, 0.6) is 0 Å². The smallest absolute Gasteiger partial charge is 0.132 e. The Bertz CT molecular complexity index is 372. The van der Waals surface area contributed by atoms with E-state index in [-0.39, 0.29) is 5.54 Å². The fourth-order valence-corrected chi connectivity index (χ4v) is 1.88. The van der Waals surface area contributed by atoms with Gasteiger partial charge in [-0.2, -0.15) is 5.10 Å². The third kappa shape index (κ3) is 3.44. The molecule has 1 aromatic rings. The van der Waals surface area contributed by atoms with Crippen molar-refractivity contribution in [3.05, 3.63) is 16.4 Å². The second-order valence-electron chi connectivity index (χ2n) is 4.54. The highest BCUT2D eigenvalue weighted by molar-refractivity contribution is 6.30. The minimum Gasteiger partial charge on any atom is -0.375 e. The molecule has 98 valence electrons. The van der Waals surface area contributed by atoms with Gasteiger partial charge >= 0.3 is 0 Å². The van der Waals surface area contributed by atoms with Gasteiger partial charge in [-0.3, -0.25) is 4.68 Å². The van der Waals surface area contributed by atoms with E-state index >= 15 is 0 Å². The van der Waals surface area contributed by atoms with E-state index in [1.807, 2.05) is 14.0 Å². The lowest BCUT2D eigenvalue weighted by Gasteiger charge is -2.26. The number of aromatic nitrogens is 2. The van der Waals surface area contributed by atoms with Crippen LogP contribution in [0.1, 0.15) is 37.9 Å². The Morgan fingerprint density at radius 1 is 1.41 bits per heavy atom. The molecule has 0 spiro atoms. The van der Waals surface area contributed by atoms with Crippen molar-refractivity contribution in [3.63, 3.8) is 0 Å². The number of hydrogen-bond acceptors (Lipinski definition) is 3. The summed E-state index contributed by atoms with van der Waals surface area (Å²) in [6.07, 6.45) is 1.81. The molecule has 17 heavy (non-hydrogen) atoms. The largest absolute Gasteiger partial charge is 0.375 e. The second kappa shape index (κ2) is 5.85. The predicted octanol–water partition coefficient (Wildman–Crippen LogP) is 2.42. The predicted molar refractivity (Wildman–Crippen MR) is 70.1 cm³/mol. The van der Waals surface area contributed by atoms with E-state index < -0.39 is 0 Å². The monoisotopic (exact) mass is 259 g/mol.